The lowest BCUT2D eigenvalue weighted by molar-refractivity contribution is -0.125. The van der Waals surface area contributed by atoms with Crippen LogP contribution in [0.3, 0.4) is 0 Å². The van der Waals surface area contributed by atoms with Crippen molar-refractivity contribution < 1.29 is 19.1 Å². The molecule has 0 bridgehead atoms. The maximum absolute atomic E-state index is 12.8. The predicted octanol–water partition coefficient (Wildman–Crippen LogP) is 1.42. The number of guanidine groups is 1. The van der Waals surface area contributed by atoms with E-state index in [0.717, 1.165) is 13.1 Å². The minimum atomic E-state index is -0.777. The Bertz CT molecular complexity index is 1020. The molecule has 2 aromatic rings. The van der Waals surface area contributed by atoms with E-state index in [2.05, 4.69) is 32.7 Å². The summed E-state index contributed by atoms with van der Waals surface area (Å²) in [5.41, 5.74) is 1.76. The third kappa shape index (κ3) is 4.11. The summed E-state index contributed by atoms with van der Waals surface area (Å²) in [6.07, 6.45) is 0.0177. The molecule has 1 atom stereocenters. The van der Waals surface area contributed by atoms with Crippen molar-refractivity contribution in [3.05, 3.63) is 48.5 Å². The summed E-state index contributed by atoms with van der Waals surface area (Å²) in [7, 11) is 0. The second-order valence-corrected chi connectivity index (χ2v) is 7.59. The summed E-state index contributed by atoms with van der Waals surface area (Å²) in [6, 6.07) is 14.6. The first-order chi connectivity index (χ1) is 15.2. The van der Waals surface area contributed by atoms with Crippen molar-refractivity contribution in [2.24, 2.45) is 4.99 Å². The Morgan fingerprint density at radius 3 is 2.55 bits per heavy atom. The Hall–Kier alpha value is -3.75. The molecule has 0 spiro atoms. The highest BCUT2D eigenvalue weighted by Gasteiger charge is 2.31. The van der Waals surface area contributed by atoms with Crippen LogP contribution in [0.2, 0.25) is 0 Å². The topological polar surface area (TPSA) is 95.5 Å². The van der Waals surface area contributed by atoms with Crippen molar-refractivity contribution in [3.63, 3.8) is 0 Å². The van der Waals surface area contributed by atoms with Crippen LogP contribution in [0, 0.1) is 0 Å². The Kier molecular flexibility index (Phi) is 5.07. The van der Waals surface area contributed by atoms with Crippen LogP contribution in [-0.2, 0) is 9.59 Å². The van der Waals surface area contributed by atoms with E-state index in [-0.39, 0.29) is 25.0 Å². The third-order valence-corrected chi connectivity index (χ3v) is 5.55. The lowest BCUT2D eigenvalue weighted by atomic mass is 10.1. The van der Waals surface area contributed by atoms with Crippen LogP contribution in [-0.4, -0.2) is 61.7 Å². The van der Waals surface area contributed by atoms with E-state index in [0.29, 0.717) is 36.2 Å². The Balaban J connectivity index is 1.24. The summed E-state index contributed by atoms with van der Waals surface area (Å²) >= 11 is 0. The molecule has 0 unspecified atom stereocenters. The van der Waals surface area contributed by atoms with Crippen LogP contribution >= 0.6 is 0 Å². The molecule has 0 aliphatic carbocycles. The van der Waals surface area contributed by atoms with Crippen molar-refractivity contribution in [3.8, 4) is 11.5 Å². The van der Waals surface area contributed by atoms with Gasteiger partial charge in [-0.3, -0.25) is 14.9 Å². The molecule has 160 valence electrons. The van der Waals surface area contributed by atoms with E-state index in [1.807, 2.05) is 23.1 Å². The van der Waals surface area contributed by atoms with E-state index in [1.165, 1.54) is 5.69 Å². The summed E-state index contributed by atoms with van der Waals surface area (Å²) in [6.45, 7) is 3.22. The summed E-state index contributed by atoms with van der Waals surface area (Å²) in [5, 5.41) is 5.65. The van der Waals surface area contributed by atoms with Gasteiger partial charge in [0.15, 0.2) is 11.5 Å². The molecule has 1 saturated heterocycles. The minimum absolute atomic E-state index is 0.0177. The van der Waals surface area contributed by atoms with Crippen LogP contribution in [0.5, 0.6) is 11.5 Å². The highest BCUT2D eigenvalue weighted by atomic mass is 16.7. The first-order valence-electron chi connectivity index (χ1n) is 10.3. The molecule has 9 nitrogen and oxygen atoms in total. The molecule has 3 aliphatic rings. The van der Waals surface area contributed by atoms with Gasteiger partial charge >= 0.3 is 0 Å². The third-order valence-electron chi connectivity index (χ3n) is 5.55. The number of piperazine rings is 1. The molecule has 2 N–H and O–H groups in total. The number of hydrogen-bond acceptors (Lipinski definition) is 7. The normalized spacial score (nSPS) is 20.2. The molecular weight excluding hydrogens is 398 g/mol. The number of carbonyl (C=O) groups excluding carboxylic acids is 2. The van der Waals surface area contributed by atoms with Gasteiger partial charge in [-0.15, -0.1) is 0 Å². The fraction of sp³-hybridized carbons (Fsp3) is 0.318. The molecule has 0 radical (unpaired) electrons. The summed E-state index contributed by atoms with van der Waals surface area (Å²) < 4.78 is 10.6. The van der Waals surface area contributed by atoms with Gasteiger partial charge < -0.3 is 24.6 Å². The number of aliphatic imine (C=N–C) groups is 1. The number of fused-ring (bicyclic) bond motifs is 1. The van der Waals surface area contributed by atoms with Gasteiger partial charge in [-0.1, -0.05) is 18.2 Å². The fourth-order valence-corrected chi connectivity index (χ4v) is 3.90. The van der Waals surface area contributed by atoms with Crippen LogP contribution in [0.1, 0.15) is 6.42 Å². The largest absolute Gasteiger partial charge is 0.454 e. The van der Waals surface area contributed by atoms with Gasteiger partial charge in [0.25, 0.3) is 0 Å². The fourth-order valence-electron chi connectivity index (χ4n) is 3.90. The highest BCUT2D eigenvalue weighted by Crippen LogP contribution is 2.34. The Labute approximate surface area is 179 Å². The quantitative estimate of drug-likeness (QED) is 0.778. The van der Waals surface area contributed by atoms with Crippen molar-refractivity contribution in [2.45, 2.75) is 12.5 Å². The average Bonchev–Trinajstić information content (AvgIpc) is 3.27. The van der Waals surface area contributed by atoms with Crippen LogP contribution in [0.15, 0.2) is 53.5 Å². The molecule has 5 rings (SSSR count). The number of nitrogens with zero attached hydrogens (tertiary/aromatic N) is 3. The zero-order valence-corrected chi connectivity index (χ0v) is 16.9. The zero-order valence-electron chi connectivity index (χ0n) is 16.9. The smallest absolute Gasteiger partial charge is 0.249 e. The van der Waals surface area contributed by atoms with Crippen LogP contribution in [0.25, 0.3) is 0 Å². The Morgan fingerprint density at radius 1 is 1.00 bits per heavy atom. The zero-order chi connectivity index (χ0) is 21.2. The molecular formula is C22H23N5O4. The number of benzene rings is 2. The number of ether oxygens (including phenoxy) is 2. The number of nitrogens with one attached hydrogen (secondary N) is 2. The first-order valence-corrected chi connectivity index (χ1v) is 10.3. The van der Waals surface area contributed by atoms with Gasteiger partial charge in [0.1, 0.15) is 6.04 Å². The van der Waals surface area contributed by atoms with E-state index in [1.54, 1.807) is 18.2 Å². The molecule has 0 aromatic heterocycles. The maximum atomic E-state index is 12.8. The van der Waals surface area contributed by atoms with Gasteiger partial charge in [0.05, 0.1) is 6.42 Å². The first kappa shape index (κ1) is 19.2. The SMILES string of the molecule is O=C1C[C@H](C(=O)Nc2ccc3c(c2)OCO3)N=C(N2CCN(c3ccccc3)CC2)N1. The lowest BCUT2D eigenvalue weighted by Crippen LogP contribution is -2.56. The average molecular weight is 421 g/mol. The van der Waals surface area contributed by atoms with Crippen molar-refractivity contribution >= 4 is 29.1 Å². The van der Waals surface area contributed by atoms with Gasteiger partial charge in [-0.05, 0) is 24.3 Å². The number of hydrogen-bond donors (Lipinski definition) is 2. The number of carbonyl (C=O) groups is 2. The van der Waals surface area contributed by atoms with Crippen LogP contribution in [0.4, 0.5) is 11.4 Å². The second-order valence-electron chi connectivity index (χ2n) is 7.59. The predicted molar refractivity (Wildman–Crippen MR) is 115 cm³/mol. The van der Waals surface area contributed by atoms with Gasteiger partial charge in [0, 0.05) is 43.6 Å². The molecule has 3 aliphatic heterocycles. The maximum Gasteiger partial charge on any atom is 0.249 e. The lowest BCUT2D eigenvalue weighted by Gasteiger charge is -2.38. The molecule has 31 heavy (non-hydrogen) atoms. The second kappa shape index (κ2) is 8.17. The van der Waals surface area contributed by atoms with Crippen molar-refractivity contribution in [1.82, 2.24) is 10.2 Å². The van der Waals surface area contributed by atoms with Crippen LogP contribution < -0.4 is 25.0 Å². The molecule has 1 fully saturated rings. The number of anilines is 2. The van der Waals surface area contributed by atoms with Gasteiger partial charge in [-0.25, -0.2) is 4.99 Å². The number of para-hydroxylation sites is 1. The van der Waals surface area contributed by atoms with E-state index in [9.17, 15) is 9.59 Å². The van der Waals surface area contributed by atoms with E-state index < -0.39 is 6.04 Å². The number of amides is 2. The number of rotatable bonds is 3. The highest BCUT2D eigenvalue weighted by molar-refractivity contribution is 6.06. The summed E-state index contributed by atoms with van der Waals surface area (Å²) in [5.74, 6) is 1.16. The minimum Gasteiger partial charge on any atom is -0.454 e. The molecule has 2 amide bonds. The molecule has 9 heteroatoms. The standard InChI is InChI=1S/C22H23N5O4/c28-20-13-17(21(29)23-15-6-7-18-19(12-15)31-14-30-18)24-22(25-20)27-10-8-26(9-11-27)16-4-2-1-3-5-16/h1-7,12,17H,8-11,13-14H2,(H,23,29)(H,24,25,28)/t17-/m1/s1. The van der Waals surface area contributed by atoms with E-state index >= 15 is 0 Å². The summed E-state index contributed by atoms with van der Waals surface area (Å²) in [4.78, 5) is 33.9. The Morgan fingerprint density at radius 2 is 1.74 bits per heavy atom. The van der Waals surface area contributed by atoms with Gasteiger partial charge in [0.2, 0.25) is 24.6 Å². The molecule has 3 heterocycles. The van der Waals surface area contributed by atoms with Crippen molar-refractivity contribution in [1.29, 1.82) is 0 Å². The van der Waals surface area contributed by atoms with Crippen molar-refractivity contribution in [2.75, 3.05) is 43.2 Å². The van der Waals surface area contributed by atoms with E-state index in [4.69, 9.17) is 9.47 Å². The monoisotopic (exact) mass is 421 g/mol. The molecule has 0 saturated carbocycles. The molecule has 2 aromatic carbocycles. The van der Waals surface area contributed by atoms with Gasteiger partial charge in [-0.2, -0.15) is 0 Å².